The summed E-state index contributed by atoms with van der Waals surface area (Å²) in [5.41, 5.74) is 0. The topological polar surface area (TPSA) is 37.3 Å². The van der Waals surface area contributed by atoms with Gasteiger partial charge in [0, 0.05) is 0 Å². The van der Waals surface area contributed by atoms with Crippen molar-refractivity contribution in [3.8, 4) is 0 Å². The van der Waals surface area contributed by atoms with Crippen molar-refractivity contribution >= 4 is 5.97 Å². The summed E-state index contributed by atoms with van der Waals surface area (Å²) in [5, 5.41) is 8.77. The Hall–Kier alpha value is -0.530. The summed E-state index contributed by atoms with van der Waals surface area (Å²) in [7, 11) is 0. The van der Waals surface area contributed by atoms with Crippen LogP contribution in [0.4, 0.5) is 0 Å². The molecule has 0 heterocycles. The number of fused-ring (bicyclic) bond motifs is 1. The van der Waals surface area contributed by atoms with Gasteiger partial charge in [0.2, 0.25) is 0 Å². The fourth-order valence-electron chi connectivity index (χ4n) is 2.65. The standard InChI is InChI=1S/C9H14O2/c10-9(11)8-5-6-3-1-2-4-7(6)8/h6-8H,1-5H2,(H,10,11)/t6-,7-,8+/m1/s1. The minimum absolute atomic E-state index is 0.0142. The summed E-state index contributed by atoms with van der Waals surface area (Å²) in [5.74, 6) is 0.763. The molecule has 2 rings (SSSR count). The Labute approximate surface area is 66.6 Å². The van der Waals surface area contributed by atoms with Crippen molar-refractivity contribution in [2.24, 2.45) is 17.8 Å². The van der Waals surface area contributed by atoms with Gasteiger partial charge in [-0.2, -0.15) is 0 Å². The van der Waals surface area contributed by atoms with Crippen molar-refractivity contribution in [2.45, 2.75) is 32.1 Å². The van der Waals surface area contributed by atoms with E-state index in [1.54, 1.807) is 0 Å². The van der Waals surface area contributed by atoms with Crippen molar-refractivity contribution < 1.29 is 9.90 Å². The van der Waals surface area contributed by atoms with Crippen LogP contribution in [0, 0.1) is 17.8 Å². The SMILES string of the molecule is O=C(O)[C@H]1C[C@H]2CCCC[C@H]21. The van der Waals surface area contributed by atoms with Gasteiger partial charge < -0.3 is 5.11 Å². The minimum atomic E-state index is -0.562. The minimum Gasteiger partial charge on any atom is -0.481 e. The first-order chi connectivity index (χ1) is 5.29. The summed E-state index contributed by atoms with van der Waals surface area (Å²) >= 11 is 0. The van der Waals surface area contributed by atoms with E-state index in [1.807, 2.05) is 0 Å². The Morgan fingerprint density at radius 1 is 1.27 bits per heavy atom. The second-order valence-corrected chi connectivity index (χ2v) is 3.89. The zero-order chi connectivity index (χ0) is 7.84. The molecular formula is C9H14O2. The first kappa shape index (κ1) is 7.14. The largest absolute Gasteiger partial charge is 0.481 e. The van der Waals surface area contributed by atoms with Crippen molar-refractivity contribution in [3.63, 3.8) is 0 Å². The number of carboxylic acids is 1. The van der Waals surface area contributed by atoms with Crippen LogP contribution in [-0.4, -0.2) is 11.1 Å². The lowest BCUT2D eigenvalue weighted by molar-refractivity contribution is -0.152. The average molecular weight is 154 g/mol. The maximum atomic E-state index is 10.6. The molecule has 3 atom stereocenters. The molecule has 0 bridgehead atoms. The maximum Gasteiger partial charge on any atom is 0.306 e. The maximum absolute atomic E-state index is 10.6. The zero-order valence-electron chi connectivity index (χ0n) is 6.62. The molecule has 2 heteroatoms. The highest BCUT2D eigenvalue weighted by Crippen LogP contribution is 2.49. The number of aliphatic carboxylic acids is 1. The number of carbonyl (C=O) groups is 1. The van der Waals surface area contributed by atoms with Crippen LogP contribution < -0.4 is 0 Å². The molecule has 0 unspecified atom stereocenters. The molecule has 2 nitrogen and oxygen atoms in total. The van der Waals surface area contributed by atoms with Crippen LogP contribution in [0.25, 0.3) is 0 Å². The summed E-state index contributed by atoms with van der Waals surface area (Å²) in [6.07, 6.45) is 5.99. The lowest BCUT2D eigenvalue weighted by Gasteiger charge is -2.45. The van der Waals surface area contributed by atoms with Crippen LogP contribution in [0.2, 0.25) is 0 Å². The number of hydrogen-bond donors (Lipinski definition) is 1. The first-order valence-corrected chi connectivity index (χ1v) is 4.52. The quantitative estimate of drug-likeness (QED) is 0.626. The van der Waals surface area contributed by atoms with E-state index in [-0.39, 0.29) is 5.92 Å². The molecular weight excluding hydrogens is 140 g/mol. The third-order valence-electron chi connectivity index (χ3n) is 3.36. The van der Waals surface area contributed by atoms with Crippen molar-refractivity contribution in [3.05, 3.63) is 0 Å². The summed E-state index contributed by atoms with van der Waals surface area (Å²) < 4.78 is 0. The van der Waals surface area contributed by atoms with Crippen LogP contribution in [0.1, 0.15) is 32.1 Å². The summed E-state index contributed by atoms with van der Waals surface area (Å²) in [6.45, 7) is 0. The van der Waals surface area contributed by atoms with Gasteiger partial charge >= 0.3 is 5.97 Å². The molecule has 2 saturated carbocycles. The molecule has 0 aromatic rings. The van der Waals surface area contributed by atoms with Crippen LogP contribution >= 0.6 is 0 Å². The van der Waals surface area contributed by atoms with Gasteiger partial charge in [0.15, 0.2) is 0 Å². The van der Waals surface area contributed by atoms with Gasteiger partial charge in [-0.25, -0.2) is 0 Å². The highest BCUT2D eigenvalue weighted by molar-refractivity contribution is 5.71. The second kappa shape index (κ2) is 2.50. The summed E-state index contributed by atoms with van der Waals surface area (Å²) in [4.78, 5) is 10.6. The van der Waals surface area contributed by atoms with Crippen molar-refractivity contribution in [1.29, 1.82) is 0 Å². The van der Waals surface area contributed by atoms with Gasteiger partial charge in [0.25, 0.3) is 0 Å². The van der Waals surface area contributed by atoms with E-state index in [1.165, 1.54) is 25.7 Å². The molecule has 2 aliphatic carbocycles. The highest BCUT2D eigenvalue weighted by atomic mass is 16.4. The van der Waals surface area contributed by atoms with Crippen molar-refractivity contribution in [2.75, 3.05) is 0 Å². The van der Waals surface area contributed by atoms with Gasteiger partial charge in [0.05, 0.1) is 5.92 Å². The lowest BCUT2D eigenvalue weighted by Crippen LogP contribution is -2.43. The predicted octanol–water partition coefficient (Wildman–Crippen LogP) is 1.90. The van der Waals surface area contributed by atoms with Crippen LogP contribution in [0.3, 0.4) is 0 Å². The molecule has 0 spiro atoms. The van der Waals surface area contributed by atoms with Crippen LogP contribution in [0.5, 0.6) is 0 Å². The number of hydrogen-bond acceptors (Lipinski definition) is 1. The summed E-state index contributed by atoms with van der Waals surface area (Å²) in [6, 6.07) is 0. The fourth-order valence-corrected chi connectivity index (χ4v) is 2.65. The van der Waals surface area contributed by atoms with E-state index in [4.69, 9.17) is 5.11 Å². The molecule has 62 valence electrons. The molecule has 1 N–H and O–H groups in total. The Morgan fingerprint density at radius 2 is 2.00 bits per heavy atom. The van der Waals surface area contributed by atoms with E-state index in [2.05, 4.69) is 0 Å². The Kier molecular flexibility index (Phi) is 1.63. The van der Waals surface area contributed by atoms with Crippen LogP contribution in [-0.2, 0) is 4.79 Å². The van der Waals surface area contributed by atoms with E-state index in [0.29, 0.717) is 5.92 Å². The van der Waals surface area contributed by atoms with E-state index in [9.17, 15) is 4.79 Å². The van der Waals surface area contributed by atoms with Gasteiger partial charge in [-0.15, -0.1) is 0 Å². The molecule has 0 saturated heterocycles. The van der Waals surface area contributed by atoms with Crippen molar-refractivity contribution in [1.82, 2.24) is 0 Å². The Bertz CT molecular complexity index is 176. The van der Waals surface area contributed by atoms with E-state index in [0.717, 1.165) is 12.3 Å². The zero-order valence-corrected chi connectivity index (χ0v) is 6.62. The molecule has 2 aliphatic rings. The normalized spacial score (nSPS) is 42.4. The average Bonchev–Trinajstić information content (AvgIpc) is 1.90. The van der Waals surface area contributed by atoms with Gasteiger partial charge in [-0.1, -0.05) is 19.3 Å². The molecule has 0 aromatic heterocycles. The highest BCUT2D eigenvalue weighted by Gasteiger charge is 2.45. The Morgan fingerprint density at radius 3 is 2.64 bits per heavy atom. The van der Waals surface area contributed by atoms with E-state index >= 15 is 0 Å². The lowest BCUT2D eigenvalue weighted by atomic mass is 9.59. The fraction of sp³-hybridized carbons (Fsp3) is 0.889. The third kappa shape index (κ3) is 1.05. The molecule has 2 fully saturated rings. The molecule has 0 radical (unpaired) electrons. The van der Waals surface area contributed by atoms with Gasteiger partial charge in [0.1, 0.15) is 0 Å². The molecule has 0 amide bonds. The molecule has 0 aliphatic heterocycles. The van der Waals surface area contributed by atoms with Gasteiger partial charge in [-0.05, 0) is 24.7 Å². The van der Waals surface area contributed by atoms with Gasteiger partial charge in [-0.3, -0.25) is 4.79 Å². The predicted molar refractivity (Wildman–Crippen MR) is 41.2 cm³/mol. The monoisotopic (exact) mass is 154 g/mol. The Balaban J connectivity index is 1.96. The van der Waals surface area contributed by atoms with Crippen LogP contribution in [0.15, 0.2) is 0 Å². The van der Waals surface area contributed by atoms with E-state index < -0.39 is 5.97 Å². The molecule has 0 aromatic carbocycles. The number of carboxylic acid groups (broad SMARTS) is 1. The smallest absolute Gasteiger partial charge is 0.306 e. The molecule has 11 heavy (non-hydrogen) atoms. The third-order valence-corrected chi connectivity index (χ3v) is 3.36. The second-order valence-electron chi connectivity index (χ2n) is 3.89. The number of rotatable bonds is 1. The first-order valence-electron chi connectivity index (χ1n) is 4.52.